The zero-order valence-electron chi connectivity index (χ0n) is 23.3. The second-order valence-electron chi connectivity index (χ2n) is 10.6. The minimum absolute atomic E-state index is 0.194. The van der Waals surface area contributed by atoms with Gasteiger partial charge >= 0.3 is 0 Å². The molecule has 11 nitrogen and oxygen atoms in total. The van der Waals surface area contributed by atoms with Gasteiger partial charge in [-0.3, -0.25) is 9.69 Å². The van der Waals surface area contributed by atoms with Crippen molar-refractivity contribution < 1.29 is 14.2 Å². The summed E-state index contributed by atoms with van der Waals surface area (Å²) in [5.74, 6) is 2.60. The molecule has 2 aromatic carbocycles. The Labute approximate surface area is 227 Å². The summed E-state index contributed by atoms with van der Waals surface area (Å²) in [4.78, 5) is 21.3. The highest BCUT2D eigenvalue weighted by Gasteiger charge is 2.35. The molecule has 5 rings (SSSR count). The van der Waals surface area contributed by atoms with Crippen molar-refractivity contribution in [3.05, 3.63) is 64.2 Å². The zero-order valence-corrected chi connectivity index (χ0v) is 23.3. The second-order valence-corrected chi connectivity index (χ2v) is 10.6. The second kappa shape index (κ2) is 10.6. The molecule has 1 aliphatic heterocycles. The first-order chi connectivity index (χ1) is 18.7. The van der Waals surface area contributed by atoms with Gasteiger partial charge in [0.15, 0.2) is 17.3 Å². The monoisotopic (exact) mass is 533 g/mol. The van der Waals surface area contributed by atoms with Gasteiger partial charge in [-0.2, -0.15) is 0 Å². The molecule has 4 aromatic rings. The van der Waals surface area contributed by atoms with Gasteiger partial charge in [-0.15, -0.1) is 5.10 Å². The number of hydrogen-bond donors (Lipinski definition) is 1. The smallest absolute Gasteiger partial charge is 0.253 e. The van der Waals surface area contributed by atoms with Crippen molar-refractivity contribution in [1.29, 1.82) is 0 Å². The molecule has 0 radical (unpaired) electrons. The summed E-state index contributed by atoms with van der Waals surface area (Å²) in [6.45, 7) is 9.16. The van der Waals surface area contributed by atoms with Crippen LogP contribution in [0.2, 0.25) is 0 Å². The van der Waals surface area contributed by atoms with Crippen LogP contribution in [0.15, 0.2) is 47.3 Å². The van der Waals surface area contributed by atoms with Crippen LogP contribution in [0.3, 0.4) is 0 Å². The average Bonchev–Trinajstić information content (AvgIpc) is 3.43. The molecule has 206 valence electrons. The number of benzene rings is 2. The topological polar surface area (TPSA) is 111 Å². The largest absolute Gasteiger partial charge is 0.497 e. The summed E-state index contributed by atoms with van der Waals surface area (Å²) >= 11 is 0. The van der Waals surface area contributed by atoms with Crippen molar-refractivity contribution in [1.82, 2.24) is 30.1 Å². The van der Waals surface area contributed by atoms with Gasteiger partial charge in [0.25, 0.3) is 5.56 Å². The quantitative estimate of drug-likeness (QED) is 0.383. The highest BCUT2D eigenvalue weighted by Crippen LogP contribution is 2.34. The molecule has 1 fully saturated rings. The molecule has 11 heteroatoms. The molecule has 1 atom stereocenters. The molecule has 0 bridgehead atoms. The fraction of sp³-hybridized carbons (Fsp3) is 0.429. The van der Waals surface area contributed by atoms with Crippen LogP contribution in [0.4, 0.5) is 5.69 Å². The third-order valence-electron chi connectivity index (χ3n) is 7.16. The molecule has 2 aromatic heterocycles. The predicted octanol–water partition coefficient (Wildman–Crippen LogP) is 3.21. The zero-order chi connectivity index (χ0) is 27.7. The molecule has 1 aliphatic rings. The first-order valence-corrected chi connectivity index (χ1v) is 12.9. The number of rotatable bonds is 7. The Morgan fingerprint density at radius 3 is 2.18 bits per heavy atom. The Balaban J connectivity index is 1.55. The van der Waals surface area contributed by atoms with Gasteiger partial charge in [-0.25, -0.2) is 4.68 Å². The molecular formula is C28H35N7O4. The van der Waals surface area contributed by atoms with E-state index in [1.807, 2.05) is 49.7 Å². The van der Waals surface area contributed by atoms with E-state index in [9.17, 15) is 4.79 Å². The molecule has 3 heterocycles. The first-order valence-electron chi connectivity index (χ1n) is 12.9. The number of hydrogen-bond acceptors (Lipinski definition) is 9. The number of pyridine rings is 1. The van der Waals surface area contributed by atoms with Gasteiger partial charge in [0.2, 0.25) is 0 Å². The Morgan fingerprint density at radius 1 is 0.897 bits per heavy atom. The third kappa shape index (κ3) is 5.14. The van der Waals surface area contributed by atoms with E-state index in [4.69, 9.17) is 14.2 Å². The molecule has 39 heavy (non-hydrogen) atoms. The maximum absolute atomic E-state index is 13.6. The highest BCUT2D eigenvalue weighted by atomic mass is 16.5. The summed E-state index contributed by atoms with van der Waals surface area (Å²) in [5.41, 5.74) is 1.81. The lowest BCUT2D eigenvalue weighted by Crippen LogP contribution is -2.49. The molecule has 0 aliphatic carbocycles. The van der Waals surface area contributed by atoms with Crippen molar-refractivity contribution in [2.75, 3.05) is 52.4 Å². The van der Waals surface area contributed by atoms with Crippen LogP contribution < -0.4 is 24.7 Å². The lowest BCUT2D eigenvalue weighted by Gasteiger charge is -2.40. The average molecular weight is 534 g/mol. The van der Waals surface area contributed by atoms with Crippen LogP contribution in [0.1, 0.15) is 38.2 Å². The van der Waals surface area contributed by atoms with Crippen LogP contribution in [0.25, 0.3) is 10.9 Å². The SMILES string of the molecule is COc1ccc(N2CCN([C@H](c3cc4cc(OC)c(OC)cc4[nH]c3=O)c3nnnn3C(C)(C)C)CC2)cc1. The first kappa shape index (κ1) is 26.5. The number of nitrogens with zero attached hydrogens (tertiary/aromatic N) is 6. The number of H-pyrrole nitrogens is 1. The number of ether oxygens (including phenoxy) is 3. The van der Waals surface area contributed by atoms with Gasteiger partial charge in [0.1, 0.15) is 11.8 Å². The Hall–Kier alpha value is -4.12. The number of aromatic amines is 1. The van der Waals surface area contributed by atoms with E-state index in [1.165, 1.54) is 0 Å². The number of piperazine rings is 1. The van der Waals surface area contributed by atoms with E-state index in [1.54, 1.807) is 27.4 Å². The minimum atomic E-state index is -0.446. The van der Waals surface area contributed by atoms with E-state index in [2.05, 4.69) is 42.4 Å². The maximum atomic E-state index is 13.6. The summed E-state index contributed by atoms with van der Waals surface area (Å²) in [5, 5.41) is 13.6. The summed E-state index contributed by atoms with van der Waals surface area (Å²) in [7, 11) is 4.84. The summed E-state index contributed by atoms with van der Waals surface area (Å²) < 4.78 is 18.1. The van der Waals surface area contributed by atoms with Crippen molar-refractivity contribution in [3.63, 3.8) is 0 Å². The van der Waals surface area contributed by atoms with Crippen LogP contribution in [-0.2, 0) is 5.54 Å². The van der Waals surface area contributed by atoms with E-state index in [0.29, 0.717) is 28.4 Å². The maximum Gasteiger partial charge on any atom is 0.253 e. The standard InChI is InChI=1S/C28H35N7O4/c1-28(2,3)35-26(30-31-32-35)25(34-13-11-33(12-14-34)19-7-9-20(37-4)10-8-19)21-15-18-16-23(38-5)24(39-6)17-22(18)29-27(21)36/h7-10,15-17,25H,11-14H2,1-6H3,(H,29,36)/t25-/m1/s1. The van der Waals surface area contributed by atoms with Crippen LogP contribution in [-0.4, -0.2) is 77.6 Å². The molecule has 1 N–H and O–H groups in total. The minimum Gasteiger partial charge on any atom is -0.497 e. The number of nitrogens with one attached hydrogen (secondary N) is 1. The van der Waals surface area contributed by atoms with E-state index in [0.717, 1.165) is 43.0 Å². The molecule has 0 spiro atoms. The van der Waals surface area contributed by atoms with Gasteiger partial charge in [-0.05, 0) is 67.6 Å². The number of aromatic nitrogens is 5. The summed E-state index contributed by atoms with van der Waals surface area (Å²) in [6.07, 6.45) is 0. The number of tetrazole rings is 1. The number of fused-ring (bicyclic) bond motifs is 1. The highest BCUT2D eigenvalue weighted by molar-refractivity contribution is 5.83. The molecule has 0 amide bonds. The lowest BCUT2D eigenvalue weighted by molar-refractivity contribution is 0.190. The Kier molecular flexibility index (Phi) is 7.17. The normalized spacial score (nSPS) is 15.4. The molecular weight excluding hydrogens is 498 g/mol. The molecule has 1 saturated heterocycles. The lowest BCUT2D eigenvalue weighted by atomic mass is 10.0. The Morgan fingerprint density at radius 2 is 1.56 bits per heavy atom. The van der Waals surface area contributed by atoms with E-state index in [-0.39, 0.29) is 11.1 Å². The summed E-state index contributed by atoms with van der Waals surface area (Å²) in [6, 6.07) is 13.2. The van der Waals surface area contributed by atoms with Gasteiger partial charge in [0, 0.05) is 48.9 Å². The van der Waals surface area contributed by atoms with Crippen molar-refractivity contribution in [2.24, 2.45) is 0 Å². The third-order valence-corrected chi connectivity index (χ3v) is 7.16. The predicted molar refractivity (Wildman–Crippen MR) is 149 cm³/mol. The molecule has 0 unspecified atom stereocenters. The fourth-order valence-electron chi connectivity index (χ4n) is 5.13. The van der Waals surface area contributed by atoms with E-state index >= 15 is 0 Å². The van der Waals surface area contributed by atoms with Gasteiger partial charge in [-0.1, -0.05) is 0 Å². The Bertz CT molecular complexity index is 1500. The van der Waals surface area contributed by atoms with Gasteiger partial charge in [0.05, 0.1) is 32.4 Å². The fourth-order valence-corrected chi connectivity index (χ4v) is 5.13. The molecule has 0 saturated carbocycles. The number of methoxy groups -OCH3 is 3. The van der Waals surface area contributed by atoms with Crippen molar-refractivity contribution in [2.45, 2.75) is 32.4 Å². The van der Waals surface area contributed by atoms with E-state index < -0.39 is 6.04 Å². The van der Waals surface area contributed by atoms with Gasteiger partial charge < -0.3 is 24.1 Å². The van der Waals surface area contributed by atoms with Crippen LogP contribution in [0.5, 0.6) is 17.2 Å². The van der Waals surface area contributed by atoms with Crippen molar-refractivity contribution in [3.8, 4) is 17.2 Å². The number of anilines is 1. The van der Waals surface area contributed by atoms with Crippen LogP contribution >= 0.6 is 0 Å². The van der Waals surface area contributed by atoms with Crippen LogP contribution in [0, 0.1) is 0 Å². The van der Waals surface area contributed by atoms with Crippen molar-refractivity contribution >= 4 is 16.6 Å².